The zero-order chi connectivity index (χ0) is 20.1. The van der Waals surface area contributed by atoms with E-state index in [1.54, 1.807) is 18.2 Å². The molecule has 5 rings (SSSR count). The Morgan fingerprint density at radius 3 is 2.69 bits per heavy atom. The van der Waals surface area contributed by atoms with E-state index in [-0.39, 0.29) is 10.9 Å². The first kappa shape index (κ1) is 18.3. The summed E-state index contributed by atoms with van der Waals surface area (Å²) in [5.41, 5.74) is 7.81. The number of ether oxygens (including phenoxy) is 2. The largest absolute Gasteiger partial charge is 0.486 e. The molecular formula is C20H13Cl2N3O3S. The highest BCUT2D eigenvalue weighted by molar-refractivity contribution is 7.21. The Hall–Kier alpha value is -2.74. The predicted octanol–water partition coefficient (Wildman–Crippen LogP) is 5.36. The number of hydrogen-bond acceptors (Lipinski definition) is 6. The standard InChI is InChI=1S/C20H13Cl2N3O3S/c21-11-2-1-3-12(16(11)22)24-19(26)18-17(23)10-6-9-7-14-15(28-5-4-27-14)8-13(9)25-20(10)29-18/h1-3,6-8H,4-5,23H2,(H,24,26). The van der Waals surface area contributed by atoms with Crippen molar-refractivity contribution in [2.24, 2.45) is 0 Å². The van der Waals surface area contributed by atoms with Crippen LogP contribution in [0.2, 0.25) is 10.0 Å². The minimum atomic E-state index is -0.371. The summed E-state index contributed by atoms with van der Waals surface area (Å²) < 4.78 is 11.3. The van der Waals surface area contributed by atoms with Gasteiger partial charge in [-0.05, 0) is 24.3 Å². The van der Waals surface area contributed by atoms with Crippen LogP contribution in [0.4, 0.5) is 11.4 Å². The Kier molecular flexibility index (Phi) is 4.38. The number of aromatic nitrogens is 1. The second-order valence-electron chi connectivity index (χ2n) is 6.43. The van der Waals surface area contributed by atoms with Crippen LogP contribution in [0.1, 0.15) is 9.67 Å². The molecular weight excluding hydrogens is 433 g/mol. The molecule has 6 nitrogen and oxygen atoms in total. The molecule has 9 heteroatoms. The van der Waals surface area contributed by atoms with Crippen molar-refractivity contribution in [2.75, 3.05) is 24.3 Å². The SMILES string of the molecule is Nc1c(C(=O)Nc2cccc(Cl)c2Cl)sc2nc3cc4c(cc3cc12)OCCO4. The van der Waals surface area contributed by atoms with E-state index in [2.05, 4.69) is 10.3 Å². The molecule has 3 N–H and O–H groups in total. The summed E-state index contributed by atoms with van der Waals surface area (Å²) in [6.45, 7) is 1.01. The number of anilines is 2. The van der Waals surface area contributed by atoms with Gasteiger partial charge >= 0.3 is 0 Å². The Labute approximate surface area is 179 Å². The van der Waals surface area contributed by atoms with Crippen molar-refractivity contribution in [3.8, 4) is 11.5 Å². The molecule has 0 radical (unpaired) electrons. The van der Waals surface area contributed by atoms with Gasteiger partial charge in [-0.15, -0.1) is 11.3 Å². The number of nitrogens with two attached hydrogens (primary N) is 1. The first-order chi connectivity index (χ1) is 14.0. The quantitative estimate of drug-likeness (QED) is 0.433. The minimum Gasteiger partial charge on any atom is -0.486 e. The molecule has 0 saturated carbocycles. The summed E-state index contributed by atoms with van der Waals surface area (Å²) in [6.07, 6.45) is 0. The van der Waals surface area contributed by atoms with Crippen molar-refractivity contribution in [2.45, 2.75) is 0 Å². The molecule has 1 amide bonds. The Balaban J connectivity index is 1.57. The van der Waals surface area contributed by atoms with Gasteiger partial charge in [-0.3, -0.25) is 4.79 Å². The fourth-order valence-corrected chi connectivity index (χ4v) is 4.51. The molecule has 2 aromatic heterocycles. The van der Waals surface area contributed by atoms with Crippen LogP contribution in [0.3, 0.4) is 0 Å². The van der Waals surface area contributed by atoms with Gasteiger partial charge in [0, 0.05) is 16.8 Å². The highest BCUT2D eigenvalue weighted by atomic mass is 35.5. The summed E-state index contributed by atoms with van der Waals surface area (Å²) in [4.78, 5) is 18.5. The number of carbonyl (C=O) groups excluding carboxylic acids is 1. The van der Waals surface area contributed by atoms with E-state index in [0.29, 0.717) is 56.2 Å². The average Bonchev–Trinajstić information content (AvgIpc) is 3.04. The van der Waals surface area contributed by atoms with Gasteiger partial charge < -0.3 is 20.5 Å². The third-order valence-electron chi connectivity index (χ3n) is 4.58. The van der Waals surface area contributed by atoms with E-state index in [1.807, 2.05) is 18.2 Å². The number of benzene rings is 2. The Bertz CT molecular complexity index is 1310. The number of pyridine rings is 1. The molecule has 1 aliphatic heterocycles. The van der Waals surface area contributed by atoms with Crippen LogP contribution in [0.15, 0.2) is 36.4 Å². The molecule has 3 heterocycles. The maximum Gasteiger partial charge on any atom is 0.267 e. The second kappa shape index (κ2) is 6.95. The normalized spacial score (nSPS) is 13.0. The van der Waals surface area contributed by atoms with Gasteiger partial charge in [-0.25, -0.2) is 4.98 Å². The lowest BCUT2D eigenvalue weighted by atomic mass is 10.1. The van der Waals surface area contributed by atoms with Gasteiger partial charge in [-0.1, -0.05) is 29.3 Å². The van der Waals surface area contributed by atoms with Crippen molar-refractivity contribution in [3.05, 3.63) is 51.3 Å². The number of thiophene rings is 1. The molecule has 0 saturated heterocycles. The molecule has 4 aromatic rings. The number of amides is 1. The van der Waals surface area contributed by atoms with Crippen molar-refractivity contribution < 1.29 is 14.3 Å². The third-order valence-corrected chi connectivity index (χ3v) is 6.52. The van der Waals surface area contributed by atoms with E-state index in [0.717, 1.165) is 10.9 Å². The maximum absolute atomic E-state index is 12.8. The topological polar surface area (TPSA) is 86.5 Å². The molecule has 0 atom stereocenters. The van der Waals surface area contributed by atoms with Gasteiger partial charge in [0.15, 0.2) is 11.5 Å². The third kappa shape index (κ3) is 3.11. The fraction of sp³-hybridized carbons (Fsp3) is 0.100. The van der Waals surface area contributed by atoms with Gasteiger partial charge in [0.05, 0.1) is 26.9 Å². The molecule has 0 unspecified atom stereocenters. The van der Waals surface area contributed by atoms with E-state index in [9.17, 15) is 4.79 Å². The van der Waals surface area contributed by atoms with E-state index < -0.39 is 0 Å². The second-order valence-corrected chi connectivity index (χ2v) is 8.21. The number of nitrogen functional groups attached to an aromatic ring is 1. The highest BCUT2D eigenvalue weighted by Crippen LogP contribution is 2.39. The summed E-state index contributed by atoms with van der Waals surface area (Å²) in [5.74, 6) is 0.964. The van der Waals surface area contributed by atoms with Crippen LogP contribution in [0, 0.1) is 0 Å². The monoisotopic (exact) mass is 445 g/mol. The summed E-state index contributed by atoms with van der Waals surface area (Å²) >= 11 is 13.4. The van der Waals surface area contributed by atoms with E-state index >= 15 is 0 Å². The van der Waals surface area contributed by atoms with Crippen LogP contribution in [-0.4, -0.2) is 24.1 Å². The number of nitrogens with zero attached hydrogens (tertiary/aromatic N) is 1. The van der Waals surface area contributed by atoms with E-state index in [4.69, 9.17) is 38.4 Å². The molecule has 29 heavy (non-hydrogen) atoms. The lowest BCUT2D eigenvalue weighted by molar-refractivity contribution is 0.103. The van der Waals surface area contributed by atoms with Crippen LogP contribution >= 0.6 is 34.5 Å². The molecule has 2 aromatic carbocycles. The molecule has 0 aliphatic carbocycles. The summed E-state index contributed by atoms with van der Waals surface area (Å²) in [7, 11) is 0. The Morgan fingerprint density at radius 2 is 1.90 bits per heavy atom. The number of hydrogen-bond donors (Lipinski definition) is 2. The van der Waals surface area contributed by atoms with Crippen LogP contribution < -0.4 is 20.5 Å². The molecule has 0 bridgehead atoms. The van der Waals surface area contributed by atoms with Crippen LogP contribution in [0.5, 0.6) is 11.5 Å². The number of carbonyl (C=O) groups is 1. The fourth-order valence-electron chi connectivity index (χ4n) is 3.19. The van der Waals surface area contributed by atoms with Gasteiger partial charge in [0.2, 0.25) is 0 Å². The summed E-state index contributed by atoms with van der Waals surface area (Å²) in [6, 6.07) is 10.6. The molecule has 1 aliphatic rings. The first-order valence-electron chi connectivity index (χ1n) is 8.69. The molecule has 0 fully saturated rings. The minimum absolute atomic E-state index is 0.275. The van der Waals surface area contributed by atoms with Gasteiger partial charge in [0.25, 0.3) is 5.91 Å². The highest BCUT2D eigenvalue weighted by Gasteiger charge is 2.20. The lowest BCUT2D eigenvalue weighted by Crippen LogP contribution is -2.15. The van der Waals surface area contributed by atoms with Gasteiger partial charge in [-0.2, -0.15) is 0 Å². The lowest BCUT2D eigenvalue weighted by Gasteiger charge is -2.18. The number of rotatable bonds is 2. The average molecular weight is 446 g/mol. The van der Waals surface area contributed by atoms with E-state index in [1.165, 1.54) is 11.3 Å². The smallest absolute Gasteiger partial charge is 0.267 e. The zero-order valence-corrected chi connectivity index (χ0v) is 17.1. The molecule has 146 valence electrons. The van der Waals surface area contributed by atoms with Crippen molar-refractivity contribution >= 4 is 72.9 Å². The van der Waals surface area contributed by atoms with Crippen LogP contribution in [-0.2, 0) is 0 Å². The Morgan fingerprint density at radius 1 is 1.14 bits per heavy atom. The number of halogens is 2. The van der Waals surface area contributed by atoms with Crippen molar-refractivity contribution in [1.29, 1.82) is 0 Å². The first-order valence-corrected chi connectivity index (χ1v) is 10.3. The van der Waals surface area contributed by atoms with Crippen LogP contribution in [0.25, 0.3) is 21.1 Å². The number of fused-ring (bicyclic) bond motifs is 3. The van der Waals surface area contributed by atoms with Gasteiger partial charge in [0.1, 0.15) is 22.9 Å². The molecule has 0 spiro atoms. The predicted molar refractivity (Wildman–Crippen MR) is 117 cm³/mol. The summed E-state index contributed by atoms with van der Waals surface area (Å²) in [5, 5.41) is 4.96. The van der Waals surface area contributed by atoms with Crippen molar-refractivity contribution in [1.82, 2.24) is 4.98 Å². The number of nitrogens with one attached hydrogen (secondary N) is 1. The van der Waals surface area contributed by atoms with Crippen molar-refractivity contribution in [3.63, 3.8) is 0 Å². The maximum atomic E-state index is 12.8. The zero-order valence-electron chi connectivity index (χ0n) is 14.8.